The molecule has 4 nitrogen and oxygen atoms in total. The highest BCUT2D eigenvalue weighted by Crippen LogP contribution is 2.24. The number of carbonyl (C=O) groups excluding carboxylic acids is 1. The number of hydrogen-bond acceptors (Lipinski definition) is 3. The van der Waals surface area contributed by atoms with Crippen LogP contribution in [0.4, 0.5) is 5.69 Å². The molecule has 0 aliphatic carbocycles. The van der Waals surface area contributed by atoms with Gasteiger partial charge in [-0.3, -0.25) is 9.59 Å². The molecule has 5 heteroatoms. The van der Waals surface area contributed by atoms with Crippen LogP contribution < -0.4 is 5.32 Å². The number of rotatable bonds is 4. The fourth-order valence-corrected chi connectivity index (χ4v) is 3.31. The first kappa shape index (κ1) is 14.9. The molecule has 1 aromatic carbocycles. The van der Waals surface area contributed by atoms with E-state index in [-0.39, 0.29) is 11.8 Å². The van der Waals surface area contributed by atoms with Gasteiger partial charge in [0.25, 0.3) is 0 Å². The van der Waals surface area contributed by atoms with Crippen LogP contribution in [0.5, 0.6) is 0 Å². The molecular formula is C15H19NO3S. The van der Waals surface area contributed by atoms with E-state index in [0.717, 1.165) is 35.6 Å². The first-order chi connectivity index (χ1) is 9.58. The molecule has 2 rings (SSSR count). The molecule has 1 aliphatic heterocycles. The van der Waals surface area contributed by atoms with Crippen molar-refractivity contribution in [2.45, 2.75) is 25.7 Å². The SMILES string of the molecule is CC(C(=O)O)c1ccc(NC(=O)C2CCSCC2)cc1. The Morgan fingerprint density at radius 2 is 1.85 bits per heavy atom. The number of carboxylic acids is 1. The van der Waals surface area contributed by atoms with Crippen LogP contribution in [0.3, 0.4) is 0 Å². The van der Waals surface area contributed by atoms with Crippen LogP contribution in [-0.2, 0) is 9.59 Å². The Morgan fingerprint density at radius 3 is 2.40 bits per heavy atom. The number of amides is 1. The van der Waals surface area contributed by atoms with Gasteiger partial charge in [0.05, 0.1) is 5.92 Å². The number of carbonyl (C=O) groups is 2. The Hall–Kier alpha value is -1.49. The van der Waals surface area contributed by atoms with Crippen molar-refractivity contribution in [2.24, 2.45) is 5.92 Å². The number of hydrogen-bond donors (Lipinski definition) is 2. The first-order valence-electron chi connectivity index (χ1n) is 6.79. The minimum absolute atomic E-state index is 0.0735. The van der Waals surface area contributed by atoms with Gasteiger partial charge in [0.1, 0.15) is 0 Å². The number of carboxylic acid groups (broad SMARTS) is 1. The van der Waals surface area contributed by atoms with Gasteiger partial charge in [-0.1, -0.05) is 12.1 Å². The van der Waals surface area contributed by atoms with Gasteiger partial charge in [0, 0.05) is 11.6 Å². The zero-order valence-electron chi connectivity index (χ0n) is 11.5. The quantitative estimate of drug-likeness (QED) is 0.895. The Balaban J connectivity index is 1.96. The highest BCUT2D eigenvalue weighted by Gasteiger charge is 2.21. The normalized spacial score (nSPS) is 17.4. The van der Waals surface area contributed by atoms with E-state index in [0.29, 0.717) is 0 Å². The zero-order chi connectivity index (χ0) is 14.5. The van der Waals surface area contributed by atoms with Gasteiger partial charge in [-0.2, -0.15) is 11.8 Å². The van der Waals surface area contributed by atoms with Gasteiger partial charge in [-0.25, -0.2) is 0 Å². The number of anilines is 1. The highest BCUT2D eigenvalue weighted by atomic mass is 32.2. The molecule has 1 aliphatic rings. The summed E-state index contributed by atoms with van der Waals surface area (Å²) >= 11 is 1.89. The van der Waals surface area contributed by atoms with Crippen molar-refractivity contribution in [3.05, 3.63) is 29.8 Å². The van der Waals surface area contributed by atoms with E-state index in [4.69, 9.17) is 5.11 Å². The first-order valence-corrected chi connectivity index (χ1v) is 7.95. The van der Waals surface area contributed by atoms with E-state index in [1.54, 1.807) is 31.2 Å². The van der Waals surface area contributed by atoms with Gasteiger partial charge in [-0.05, 0) is 49.0 Å². The van der Waals surface area contributed by atoms with E-state index in [1.807, 2.05) is 11.8 Å². The molecule has 1 fully saturated rings. The van der Waals surface area contributed by atoms with Crippen LogP contribution in [0.1, 0.15) is 31.2 Å². The zero-order valence-corrected chi connectivity index (χ0v) is 12.3. The summed E-state index contributed by atoms with van der Waals surface area (Å²) < 4.78 is 0. The summed E-state index contributed by atoms with van der Waals surface area (Å²) in [6, 6.07) is 7.05. The van der Waals surface area contributed by atoms with E-state index < -0.39 is 11.9 Å². The van der Waals surface area contributed by atoms with Crippen LogP contribution in [0.2, 0.25) is 0 Å². The van der Waals surface area contributed by atoms with E-state index in [2.05, 4.69) is 5.32 Å². The molecule has 1 unspecified atom stereocenters. The number of nitrogens with one attached hydrogen (secondary N) is 1. The molecule has 0 spiro atoms. The van der Waals surface area contributed by atoms with Crippen molar-refractivity contribution in [3.63, 3.8) is 0 Å². The van der Waals surface area contributed by atoms with Gasteiger partial charge in [0.2, 0.25) is 5.91 Å². The molecule has 1 amide bonds. The average molecular weight is 293 g/mol. The summed E-state index contributed by atoms with van der Waals surface area (Å²) in [5, 5.41) is 11.9. The monoisotopic (exact) mass is 293 g/mol. The Kier molecular flexibility index (Phi) is 5.06. The summed E-state index contributed by atoms with van der Waals surface area (Å²) in [7, 11) is 0. The molecule has 1 saturated heterocycles. The highest BCUT2D eigenvalue weighted by molar-refractivity contribution is 7.99. The van der Waals surface area contributed by atoms with E-state index in [1.165, 1.54) is 0 Å². The van der Waals surface area contributed by atoms with Crippen LogP contribution in [0, 0.1) is 5.92 Å². The third kappa shape index (κ3) is 3.76. The van der Waals surface area contributed by atoms with Crippen molar-refractivity contribution in [3.8, 4) is 0 Å². The maximum atomic E-state index is 12.1. The summed E-state index contributed by atoms with van der Waals surface area (Å²) in [5.41, 5.74) is 1.47. The standard InChI is InChI=1S/C15H19NO3S/c1-10(15(18)19)11-2-4-13(5-3-11)16-14(17)12-6-8-20-9-7-12/h2-5,10,12H,6-9H2,1H3,(H,16,17)(H,18,19). The second-order valence-electron chi connectivity index (χ2n) is 5.06. The second kappa shape index (κ2) is 6.79. The molecule has 1 heterocycles. The van der Waals surface area contributed by atoms with Gasteiger partial charge < -0.3 is 10.4 Å². The summed E-state index contributed by atoms with van der Waals surface area (Å²) in [6.07, 6.45) is 1.87. The third-order valence-electron chi connectivity index (χ3n) is 3.64. The van der Waals surface area contributed by atoms with Crippen molar-refractivity contribution in [1.82, 2.24) is 0 Å². The van der Waals surface area contributed by atoms with Crippen LogP contribution in [-0.4, -0.2) is 28.5 Å². The van der Waals surface area contributed by atoms with Gasteiger partial charge >= 0.3 is 5.97 Å². The molecule has 0 aromatic heterocycles. The van der Waals surface area contributed by atoms with Gasteiger partial charge in [0.15, 0.2) is 0 Å². The largest absolute Gasteiger partial charge is 0.481 e. The lowest BCUT2D eigenvalue weighted by Gasteiger charge is -2.20. The Bertz CT molecular complexity index is 480. The molecule has 1 atom stereocenters. The fraction of sp³-hybridized carbons (Fsp3) is 0.467. The van der Waals surface area contributed by atoms with Gasteiger partial charge in [-0.15, -0.1) is 0 Å². The minimum Gasteiger partial charge on any atom is -0.481 e. The lowest BCUT2D eigenvalue weighted by atomic mass is 10.0. The summed E-state index contributed by atoms with van der Waals surface area (Å²) in [6.45, 7) is 1.65. The molecule has 0 radical (unpaired) electrons. The lowest BCUT2D eigenvalue weighted by molar-refractivity contribution is -0.138. The molecule has 0 saturated carbocycles. The van der Waals surface area contributed by atoms with Crippen molar-refractivity contribution in [1.29, 1.82) is 0 Å². The maximum absolute atomic E-state index is 12.1. The van der Waals surface area contributed by atoms with Crippen molar-refractivity contribution in [2.75, 3.05) is 16.8 Å². The van der Waals surface area contributed by atoms with Crippen molar-refractivity contribution < 1.29 is 14.7 Å². The van der Waals surface area contributed by atoms with Crippen molar-refractivity contribution >= 4 is 29.3 Å². The van der Waals surface area contributed by atoms with Crippen LogP contribution in [0.15, 0.2) is 24.3 Å². The average Bonchev–Trinajstić information content (AvgIpc) is 2.48. The molecule has 2 N–H and O–H groups in total. The molecule has 0 bridgehead atoms. The summed E-state index contributed by atoms with van der Waals surface area (Å²) in [4.78, 5) is 23.0. The number of benzene rings is 1. The Morgan fingerprint density at radius 1 is 1.25 bits per heavy atom. The maximum Gasteiger partial charge on any atom is 0.310 e. The van der Waals surface area contributed by atoms with E-state index in [9.17, 15) is 9.59 Å². The molecule has 1 aromatic rings. The second-order valence-corrected chi connectivity index (χ2v) is 6.28. The third-order valence-corrected chi connectivity index (χ3v) is 4.69. The summed E-state index contributed by atoms with van der Waals surface area (Å²) in [5.74, 6) is 0.898. The van der Waals surface area contributed by atoms with Crippen LogP contribution >= 0.6 is 11.8 Å². The minimum atomic E-state index is -0.846. The smallest absolute Gasteiger partial charge is 0.310 e. The van der Waals surface area contributed by atoms with Crippen LogP contribution in [0.25, 0.3) is 0 Å². The lowest BCUT2D eigenvalue weighted by Crippen LogP contribution is -2.26. The molecule has 108 valence electrons. The fourth-order valence-electron chi connectivity index (χ4n) is 2.20. The molecular weight excluding hydrogens is 274 g/mol. The topological polar surface area (TPSA) is 66.4 Å². The predicted molar refractivity (Wildman–Crippen MR) is 81.2 cm³/mol. The predicted octanol–water partition coefficient (Wildman–Crippen LogP) is 2.96. The number of thioether (sulfide) groups is 1. The van der Waals surface area contributed by atoms with E-state index >= 15 is 0 Å². The Labute approximate surface area is 123 Å². The molecule has 20 heavy (non-hydrogen) atoms. The number of aliphatic carboxylic acids is 1.